The van der Waals surface area contributed by atoms with E-state index in [1.807, 2.05) is 64.4 Å². The second-order valence-electron chi connectivity index (χ2n) is 17.1. The smallest absolute Gasteiger partial charge is 0.246 e. The molecule has 2 aromatic rings. The van der Waals surface area contributed by atoms with Gasteiger partial charge in [-0.15, -0.1) is 0 Å². The van der Waals surface area contributed by atoms with E-state index in [0.29, 0.717) is 17.4 Å². The molecule has 0 saturated heterocycles. The molecular weight excluding hydrogens is 901 g/mol. The van der Waals surface area contributed by atoms with Crippen LogP contribution in [0.15, 0.2) is 73.8 Å². The van der Waals surface area contributed by atoms with Gasteiger partial charge in [0.2, 0.25) is 11.8 Å². The first-order chi connectivity index (χ1) is 29.6. The number of carbonyl (C=O) groups is 2. The molecule has 2 rings (SSSR count). The highest BCUT2D eigenvalue weighted by Crippen LogP contribution is 2.29. The normalized spacial score (nSPS) is 10.5. The largest absolute Gasteiger partial charge is 0.356 e. The molecule has 7 heteroatoms. The van der Waals surface area contributed by atoms with Crippen molar-refractivity contribution in [1.29, 1.82) is 0 Å². The highest BCUT2D eigenvalue weighted by Gasteiger charge is 2.26. The maximum absolute atomic E-state index is 12.6. The first-order valence-electron chi connectivity index (χ1n) is 24.1. The predicted molar refractivity (Wildman–Crippen MR) is 323 cm³/mol. The fourth-order valence-electron chi connectivity index (χ4n) is 6.30. The van der Waals surface area contributed by atoms with Crippen molar-refractivity contribution in [1.82, 2.24) is 20.4 Å². The molecule has 0 saturated carbocycles. The van der Waals surface area contributed by atoms with Crippen LogP contribution in [-0.4, -0.2) is 80.8 Å². The number of carbonyl (C=O) groups excluding carboxylic acids is 2. The summed E-state index contributed by atoms with van der Waals surface area (Å²) >= 11 is 3.31. The summed E-state index contributed by atoms with van der Waals surface area (Å²) in [7, 11) is 6.18. The molecule has 0 aliphatic carbocycles. The minimum Gasteiger partial charge on any atom is -0.356 e. The van der Waals surface area contributed by atoms with E-state index < -0.39 is 0 Å². The molecule has 0 heterocycles. The van der Waals surface area contributed by atoms with Crippen LogP contribution in [0.1, 0.15) is 231 Å². The van der Waals surface area contributed by atoms with Gasteiger partial charge in [0.05, 0.1) is 0 Å². The summed E-state index contributed by atoms with van der Waals surface area (Å²) in [4.78, 5) is 28.0. The minimum absolute atomic E-state index is 0. The van der Waals surface area contributed by atoms with Crippen LogP contribution >= 0.6 is 15.9 Å². The second kappa shape index (κ2) is 56.6. The Morgan fingerprint density at radius 3 is 1.53 bits per heavy atom. The van der Waals surface area contributed by atoms with E-state index in [-0.39, 0.29) is 61.8 Å². The third-order valence-corrected chi connectivity index (χ3v) is 11.3. The van der Waals surface area contributed by atoms with Crippen LogP contribution in [0.3, 0.4) is 0 Å². The van der Waals surface area contributed by atoms with Crippen molar-refractivity contribution < 1.29 is 9.59 Å². The minimum atomic E-state index is -0.265. The molecule has 404 valence electrons. The molecule has 0 spiro atoms. The van der Waals surface area contributed by atoms with E-state index >= 15 is 0 Å². The van der Waals surface area contributed by atoms with Crippen LogP contribution in [0.2, 0.25) is 0 Å². The molecule has 2 unspecified atom stereocenters. The number of hydrogen-bond donors (Lipinski definition) is 2. The van der Waals surface area contributed by atoms with E-state index in [2.05, 4.69) is 136 Å². The molecule has 0 aliphatic rings. The van der Waals surface area contributed by atoms with Gasteiger partial charge in [-0.05, 0) is 133 Å². The van der Waals surface area contributed by atoms with Crippen molar-refractivity contribution in [3.05, 3.63) is 96.1 Å². The van der Waals surface area contributed by atoms with Gasteiger partial charge in [-0.25, -0.2) is 0 Å². The first kappa shape index (κ1) is 84.9. The molecule has 2 aromatic carbocycles. The quantitative estimate of drug-likeness (QED) is 0.0532. The van der Waals surface area contributed by atoms with Crippen molar-refractivity contribution in [2.24, 2.45) is 5.41 Å². The molecule has 68 heavy (non-hydrogen) atoms. The monoisotopic (exact) mass is 1020 g/mol. The third-order valence-electron chi connectivity index (χ3n) is 10.8. The topological polar surface area (TPSA) is 64.7 Å². The van der Waals surface area contributed by atoms with E-state index in [0.717, 1.165) is 74.9 Å². The molecule has 6 nitrogen and oxygen atoms in total. The Hall–Kier alpha value is -3.00. The predicted octanol–water partition coefficient (Wildman–Crippen LogP) is 18.5. The number of rotatable bonds is 27. The number of amides is 2. The van der Waals surface area contributed by atoms with Crippen molar-refractivity contribution in [2.75, 3.05) is 59.2 Å². The number of nitrogens with one attached hydrogen (secondary N) is 2. The van der Waals surface area contributed by atoms with Gasteiger partial charge in [0.15, 0.2) is 0 Å². The number of halogens is 1. The Bertz CT molecular complexity index is 1360. The second-order valence-corrected chi connectivity index (χ2v) is 17.9. The zero-order valence-corrected chi connectivity index (χ0v) is 44.2. The van der Waals surface area contributed by atoms with Gasteiger partial charge in [-0.2, -0.15) is 0 Å². The Morgan fingerprint density at radius 2 is 1.13 bits per heavy atom. The van der Waals surface area contributed by atoms with Crippen LogP contribution in [0.5, 0.6) is 0 Å². The Morgan fingerprint density at radius 1 is 0.662 bits per heavy atom. The lowest BCUT2D eigenvalue weighted by Crippen LogP contribution is -2.38. The lowest BCUT2D eigenvalue weighted by molar-refractivity contribution is -0.129. The summed E-state index contributed by atoms with van der Waals surface area (Å²) in [5, 5.41) is 7.09. The van der Waals surface area contributed by atoms with Crippen LogP contribution in [0, 0.1) is 5.41 Å². The summed E-state index contributed by atoms with van der Waals surface area (Å²) in [5.41, 5.74) is 5.56. The molecular formula is C61H121BrN4O2. The molecule has 0 fully saturated rings. The summed E-state index contributed by atoms with van der Waals surface area (Å²) in [6, 6.07) is 17.5. The van der Waals surface area contributed by atoms with Gasteiger partial charge < -0.3 is 20.4 Å². The fraction of sp³-hybridized carbons (Fsp3) is 0.672. The van der Waals surface area contributed by atoms with Gasteiger partial charge in [0, 0.05) is 29.4 Å². The van der Waals surface area contributed by atoms with Crippen molar-refractivity contribution in [2.45, 2.75) is 209 Å². The molecule has 2 atom stereocenters. The SMILES string of the molecule is C.C.C.C.C.C.C=C(C)C(=O)NCCCN(C)C.C=Cc1ccc(C=C)cc1.CC.CCCCBr.CCCN(C)CCCNC(=O)C(C)(C)CCCCCCC(CC)c1ccc(C(C)CC)cc1. The summed E-state index contributed by atoms with van der Waals surface area (Å²) in [6.07, 6.45) is 19.0. The Kier molecular flexibility index (Phi) is 70.6. The number of hydrogen-bond acceptors (Lipinski definition) is 4. The van der Waals surface area contributed by atoms with Gasteiger partial charge in [-0.3, -0.25) is 9.59 Å². The van der Waals surface area contributed by atoms with Crippen LogP contribution in [0.4, 0.5) is 0 Å². The van der Waals surface area contributed by atoms with Gasteiger partial charge in [0.1, 0.15) is 0 Å². The lowest BCUT2D eigenvalue weighted by Gasteiger charge is -2.24. The highest BCUT2D eigenvalue weighted by molar-refractivity contribution is 9.09. The van der Waals surface area contributed by atoms with E-state index in [1.165, 1.54) is 68.9 Å². The average Bonchev–Trinajstić information content (AvgIpc) is 3.27. The number of nitrogens with zero attached hydrogens (tertiary/aromatic N) is 2. The van der Waals surface area contributed by atoms with E-state index in [9.17, 15) is 9.59 Å². The summed E-state index contributed by atoms with van der Waals surface area (Å²) in [5.74, 6) is 1.49. The summed E-state index contributed by atoms with van der Waals surface area (Å²) in [6.45, 7) is 36.7. The van der Waals surface area contributed by atoms with Crippen molar-refractivity contribution in [3.8, 4) is 0 Å². The molecule has 0 radical (unpaired) electrons. The number of benzene rings is 2. The zero-order valence-electron chi connectivity index (χ0n) is 42.6. The summed E-state index contributed by atoms with van der Waals surface area (Å²) < 4.78 is 0. The fourth-order valence-corrected chi connectivity index (χ4v) is 6.86. The maximum atomic E-state index is 12.6. The van der Waals surface area contributed by atoms with Crippen molar-refractivity contribution >= 4 is 39.9 Å². The van der Waals surface area contributed by atoms with Crippen molar-refractivity contribution in [3.63, 3.8) is 0 Å². The Balaban J connectivity index is -0.000000117. The van der Waals surface area contributed by atoms with Crippen LogP contribution in [-0.2, 0) is 9.59 Å². The van der Waals surface area contributed by atoms with Gasteiger partial charge >= 0.3 is 0 Å². The first-order valence-corrected chi connectivity index (χ1v) is 25.2. The standard InChI is InChI=1S/C30H54N2O.C10H10.C9H18N2O.C4H9Br.C2H6.6CH4/c1-8-23-32(7)24-15-22-31-29(33)30(5,6)21-14-12-11-13-16-26(10-3)28-19-17-27(18-20-28)25(4)9-2;1-3-9-5-7-10(4-2)8-6-9;1-8(2)9(12)10-6-5-7-11(3)4;1-2-3-4-5;1-2;;;;;;/h17-20,25-26H,8-16,21-24H2,1-7H3,(H,31,33);3-8H,1-2H2;1,5-7H2,2-4H3,(H,10,12);2-4H2,1H3;1-2H3;6*1H4. The molecule has 2 N–H and O–H groups in total. The average molecular weight is 1020 g/mol. The molecule has 0 bridgehead atoms. The molecule has 0 aliphatic heterocycles. The van der Waals surface area contributed by atoms with Gasteiger partial charge in [0.25, 0.3) is 0 Å². The number of alkyl halides is 1. The van der Waals surface area contributed by atoms with Gasteiger partial charge in [-0.1, -0.05) is 235 Å². The van der Waals surface area contributed by atoms with E-state index in [1.54, 1.807) is 6.92 Å². The number of unbranched alkanes of at least 4 members (excludes halogenated alkanes) is 4. The lowest BCUT2D eigenvalue weighted by atomic mass is 9.85. The highest BCUT2D eigenvalue weighted by atomic mass is 79.9. The maximum Gasteiger partial charge on any atom is 0.246 e. The Labute approximate surface area is 437 Å². The molecule has 0 aromatic heterocycles. The molecule has 2 amide bonds. The van der Waals surface area contributed by atoms with Crippen LogP contribution in [0.25, 0.3) is 12.2 Å². The third kappa shape index (κ3) is 46.7. The van der Waals surface area contributed by atoms with E-state index in [4.69, 9.17) is 0 Å². The zero-order chi connectivity index (χ0) is 47.8. The van der Waals surface area contributed by atoms with Crippen LogP contribution < -0.4 is 10.6 Å².